The zero-order valence-electron chi connectivity index (χ0n) is 26.3. The Kier molecular flexibility index (Phi) is 9.73. The fourth-order valence-electron chi connectivity index (χ4n) is 6.92. The van der Waals surface area contributed by atoms with Crippen molar-refractivity contribution in [3.05, 3.63) is 83.2 Å². The first-order chi connectivity index (χ1) is 21.0. The molecule has 3 unspecified atom stereocenters. The second kappa shape index (κ2) is 13.5. The molecule has 8 nitrogen and oxygen atoms in total. The van der Waals surface area contributed by atoms with E-state index in [0.717, 1.165) is 54.1 Å². The van der Waals surface area contributed by atoms with Gasteiger partial charge in [0.15, 0.2) is 0 Å². The average Bonchev–Trinajstić information content (AvgIpc) is 3.65. The molecule has 2 aromatic carbocycles. The van der Waals surface area contributed by atoms with Crippen molar-refractivity contribution in [3.8, 4) is 5.69 Å². The van der Waals surface area contributed by atoms with Crippen LogP contribution >= 0.6 is 0 Å². The number of aromatic nitrogens is 2. The number of hydrogen-bond acceptors (Lipinski definition) is 5. The first kappa shape index (κ1) is 31.7. The van der Waals surface area contributed by atoms with E-state index in [1.165, 1.54) is 6.07 Å². The van der Waals surface area contributed by atoms with E-state index in [1.54, 1.807) is 18.5 Å². The Hall–Kier alpha value is -3.72. The van der Waals surface area contributed by atoms with Crippen LogP contribution in [0, 0.1) is 11.7 Å². The van der Waals surface area contributed by atoms with Crippen LogP contribution < -0.4 is 5.32 Å². The molecule has 3 heterocycles. The van der Waals surface area contributed by atoms with Crippen LogP contribution in [0.5, 0.6) is 0 Å². The van der Waals surface area contributed by atoms with Gasteiger partial charge < -0.3 is 19.7 Å². The number of aryl methyl sites for hydroxylation is 1. The summed E-state index contributed by atoms with van der Waals surface area (Å²) in [4.78, 5) is 32.9. The summed E-state index contributed by atoms with van der Waals surface area (Å²) >= 11 is 0. The molecule has 0 saturated carbocycles. The summed E-state index contributed by atoms with van der Waals surface area (Å²) in [7, 11) is 0. The second-order valence-electron chi connectivity index (χ2n) is 13.3. The molecule has 0 spiro atoms. The second-order valence-corrected chi connectivity index (χ2v) is 13.3. The third-order valence-corrected chi connectivity index (χ3v) is 9.06. The maximum Gasteiger partial charge on any atom is 0.407 e. The van der Waals surface area contributed by atoms with Crippen molar-refractivity contribution in [1.82, 2.24) is 19.8 Å². The molecule has 1 amide bonds. The molecule has 3 aromatic rings. The molecule has 2 aliphatic heterocycles. The Balaban J connectivity index is 1.39. The molecule has 5 rings (SSSR count). The van der Waals surface area contributed by atoms with Crippen LogP contribution in [0.4, 0.5) is 9.18 Å². The number of rotatable bonds is 11. The summed E-state index contributed by atoms with van der Waals surface area (Å²) in [6.07, 6.45) is 5.97. The number of benzene rings is 2. The number of aliphatic carboxylic acids is 1. The van der Waals surface area contributed by atoms with Gasteiger partial charge in [0.1, 0.15) is 11.4 Å². The lowest BCUT2D eigenvalue weighted by Gasteiger charge is -2.38. The summed E-state index contributed by atoms with van der Waals surface area (Å²) in [6, 6.07) is 14.7. The monoisotopic (exact) mass is 604 g/mol. The van der Waals surface area contributed by atoms with Gasteiger partial charge in [0.25, 0.3) is 0 Å². The third kappa shape index (κ3) is 7.49. The van der Waals surface area contributed by atoms with E-state index >= 15 is 0 Å². The van der Waals surface area contributed by atoms with Crippen LogP contribution in [0.2, 0.25) is 0 Å². The number of nitrogens with one attached hydrogen (secondary N) is 1. The predicted octanol–water partition coefficient (Wildman–Crippen LogP) is 6.29. The summed E-state index contributed by atoms with van der Waals surface area (Å²) in [6.45, 7) is 9.73. The Labute approximate surface area is 259 Å². The van der Waals surface area contributed by atoms with Gasteiger partial charge >= 0.3 is 12.1 Å². The fourth-order valence-corrected chi connectivity index (χ4v) is 6.92. The first-order valence-corrected chi connectivity index (χ1v) is 15.9. The van der Waals surface area contributed by atoms with Crippen molar-refractivity contribution < 1.29 is 23.8 Å². The number of carboxylic acid groups (broad SMARTS) is 1. The minimum absolute atomic E-state index is 0.0616. The van der Waals surface area contributed by atoms with Crippen LogP contribution in [-0.2, 0) is 28.8 Å². The molecule has 2 aliphatic rings. The molecule has 0 radical (unpaired) electrons. The Morgan fingerprint density at radius 3 is 2.48 bits per heavy atom. The fraction of sp³-hybridized carbons (Fsp3) is 0.514. The van der Waals surface area contributed by atoms with Crippen molar-refractivity contribution in [1.29, 1.82) is 0 Å². The van der Waals surface area contributed by atoms with E-state index in [2.05, 4.69) is 34.3 Å². The highest BCUT2D eigenvalue weighted by Gasteiger charge is 2.36. The average molecular weight is 605 g/mol. The number of amides is 1. The number of carbonyl (C=O) groups is 2. The number of nitrogens with zero attached hydrogens (tertiary/aromatic N) is 3. The topological polar surface area (TPSA) is 96.7 Å². The van der Waals surface area contributed by atoms with E-state index in [4.69, 9.17) is 4.74 Å². The first-order valence-electron chi connectivity index (χ1n) is 15.9. The molecule has 4 atom stereocenters. The highest BCUT2D eigenvalue weighted by Crippen LogP contribution is 2.34. The van der Waals surface area contributed by atoms with E-state index < -0.39 is 23.6 Å². The number of alkyl carbamates (subject to hydrolysis) is 1. The predicted molar refractivity (Wildman–Crippen MR) is 168 cm³/mol. The van der Waals surface area contributed by atoms with Gasteiger partial charge in [0.05, 0.1) is 23.6 Å². The molecule has 1 fully saturated rings. The molecule has 0 aliphatic carbocycles. The number of halogens is 1. The van der Waals surface area contributed by atoms with Gasteiger partial charge in [-0.3, -0.25) is 9.69 Å². The lowest BCUT2D eigenvalue weighted by Crippen LogP contribution is -2.49. The minimum atomic E-state index is -0.884. The maximum absolute atomic E-state index is 13.8. The molecule has 9 heteroatoms. The smallest absolute Gasteiger partial charge is 0.407 e. The normalized spacial score (nSPS) is 17.7. The largest absolute Gasteiger partial charge is 0.481 e. The van der Waals surface area contributed by atoms with Crippen molar-refractivity contribution >= 4 is 12.1 Å². The van der Waals surface area contributed by atoms with Crippen LogP contribution in [-0.4, -0.2) is 62.4 Å². The van der Waals surface area contributed by atoms with Gasteiger partial charge in [0, 0.05) is 30.1 Å². The van der Waals surface area contributed by atoms with Crippen molar-refractivity contribution in [2.24, 2.45) is 5.92 Å². The van der Waals surface area contributed by atoms with Gasteiger partial charge in [-0.2, -0.15) is 0 Å². The quantitative estimate of drug-likeness (QED) is 0.267. The Morgan fingerprint density at radius 1 is 1.07 bits per heavy atom. The maximum atomic E-state index is 13.8. The standard InChI is InChI=1S/C35H45FN4O4/c1-23(39-18-8-9-19-39)32(24-10-6-5-7-11-24)28(38-34(43)44-35(2,3)4)15-12-26(33(41)42)21-29-31-16-13-25-20-27(36)14-17-30(25)40(31)22-37-29/h5-7,10-11,14,17,20,22-23,26,28,32H,8-9,12-13,15-16,18-19,21H2,1-4H3,(H,38,43)(H,41,42)/t23?,26-,28?,32?/m0/s1. The van der Waals surface area contributed by atoms with E-state index in [9.17, 15) is 19.1 Å². The van der Waals surface area contributed by atoms with Crippen LogP contribution in [0.25, 0.3) is 5.69 Å². The van der Waals surface area contributed by atoms with E-state index in [1.807, 2.05) is 43.5 Å². The number of carbonyl (C=O) groups excluding carboxylic acids is 1. The number of fused-ring (bicyclic) bond motifs is 3. The molecule has 236 valence electrons. The van der Waals surface area contributed by atoms with Gasteiger partial charge in [0.2, 0.25) is 0 Å². The van der Waals surface area contributed by atoms with E-state index in [-0.39, 0.29) is 30.2 Å². The summed E-state index contributed by atoms with van der Waals surface area (Å²) in [5.41, 5.74) is 4.00. The molecular weight excluding hydrogens is 559 g/mol. The van der Waals surface area contributed by atoms with E-state index in [0.29, 0.717) is 25.7 Å². The van der Waals surface area contributed by atoms with Gasteiger partial charge in [-0.25, -0.2) is 14.2 Å². The molecule has 0 bridgehead atoms. The molecule has 1 aromatic heterocycles. The molecular formula is C35H45FN4O4. The zero-order valence-corrected chi connectivity index (χ0v) is 26.3. The number of imidazole rings is 1. The summed E-state index contributed by atoms with van der Waals surface area (Å²) in [5, 5.41) is 13.5. The summed E-state index contributed by atoms with van der Waals surface area (Å²) in [5.74, 6) is -1.90. The highest BCUT2D eigenvalue weighted by molar-refractivity contribution is 5.70. The SMILES string of the molecule is CC(C(c1ccccc1)C(CC[C@@H](Cc1ncn2c1CCc1cc(F)ccc1-2)C(=O)O)NC(=O)OC(C)(C)C)N1CCCC1. The molecule has 2 N–H and O–H groups in total. The van der Waals surface area contributed by atoms with Crippen molar-refractivity contribution in [3.63, 3.8) is 0 Å². The van der Waals surface area contributed by atoms with Gasteiger partial charge in [-0.1, -0.05) is 30.3 Å². The Morgan fingerprint density at radius 2 is 1.80 bits per heavy atom. The molecule has 44 heavy (non-hydrogen) atoms. The van der Waals surface area contributed by atoms with Gasteiger partial charge in [-0.15, -0.1) is 0 Å². The van der Waals surface area contributed by atoms with Crippen molar-refractivity contribution in [2.75, 3.05) is 13.1 Å². The highest BCUT2D eigenvalue weighted by atomic mass is 19.1. The van der Waals surface area contributed by atoms with Crippen LogP contribution in [0.1, 0.15) is 81.8 Å². The number of carboxylic acids is 1. The Bertz CT molecular complexity index is 1440. The van der Waals surface area contributed by atoms with Crippen molar-refractivity contribution in [2.45, 2.75) is 96.2 Å². The van der Waals surface area contributed by atoms with Crippen LogP contribution in [0.15, 0.2) is 54.9 Å². The lowest BCUT2D eigenvalue weighted by molar-refractivity contribution is -0.142. The summed E-state index contributed by atoms with van der Waals surface area (Å²) < 4.78 is 21.5. The van der Waals surface area contributed by atoms with Crippen LogP contribution in [0.3, 0.4) is 0 Å². The third-order valence-electron chi connectivity index (χ3n) is 9.06. The molecule has 1 saturated heterocycles. The zero-order chi connectivity index (χ0) is 31.4. The lowest BCUT2D eigenvalue weighted by atomic mass is 9.81. The van der Waals surface area contributed by atoms with Gasteiger partial charge in [-0.05, 0) is 109 Å². The number of ether oxygens (including phenoxy) is 1. The minimum Gasteiger partial charge on any atom is -0.481 e. The number of hydrogen-bond donors (Lipinski definition) is 2. The number of likely N-dealkylation sites (tertiary alicyclic amines) is 1.